The highest BCUT2D eigenvalue weighted by atomic mass is 16.2. The Morgan fingerprint density at radius 1 is 0.794 bits per heavy atom. The van der Waals surface area contributed by atoms with Gasteiger partial charge in [0.1, 0.15) is 0 Å². The van der Waals surface area contributed by atoms with Crippen LogP contribution < -0.4 is 15.8 Å². The number of hydrogen-bond donors (Lipinski definition) is 2. The first-order chi connectivity index (χ1) is 16.8. The zero-order valence-corrected chi connectivity index (χ0v) is 19.9. The summed E-state index contributed by atoms with van der Waals surface area (Å²) in [5.41, 5.74) is 6.34. The number of para-hydroxylation sites is 2. The predicted molar refractivity (Wildman–Crippen MR) is 140 cm³/mol. The number of hydrazine groups is 1. The molecule has 4 rings (SSSR count). The molecule has 0 aliphatic carbocycles. The Hall–Kier alpha value is -3.15. The number of benzene rings is 3. The minimum absolute atomic E-state index is 0.00873. The van der Waals surface area contributed by atoms with Gasteiger partial charge in [0.2, 0.25) is 5.91 Å². The average Bonchev–Trinajstić information content (AvgIpc) is 2.90. The quantitative estimate of drug-likeness (QED) is 0.310. The Kier molecular flexibility index (Phi) is 9.12. The Labute approximate surface area is 203 Å². The summed E-state index contributed by atoms with van der Waals surface area (Å²) in [4.78, 5) is 15.2. The number of nitrogens with zero attached hydrogens (tertiary/aromatic N) is 2. The molecule has 0 aromatic heterocycles. The van der Waals surface area contributed by atoms with Crippen LogP contribution in [-0.4, -0.2) is 37.0 Å². The largest absolute Gasteiger partial charge is 0.316 e. The standard InChI is InChI=1S/C29H36N4O/c34-29(31-33(27-12-6-2-7-13-27)28-14-8-3-9-15-28)17-21-30-20-16-25-18-22-32(23-19-25)24-26-10-4-1-5-11-26/h1-15,25,30H,16-24H2,(H,31,34). The lowest BCUT2D eigenvalue weighted by atomic mass is 9.93. The first kappa shape index (κ1) is 24.0. The number of carbonyl (C=O) groups excluding carboxylic acids is 1. The summed E-state index contributed by atoms with van der Waals surface area (Å²) in [7, 11) is 0. The van der Waals surface area contributed by atoms with Gasteiger partial charge in [-0.05, 0) is 74.6 Å². The fourth-order valence-corrected chi connectivity index (χ4v) is 4.52. The van der Waals surface area contributed by atoms with Crippen LogP contribution in [0.4, 0.5) is 11.4 Å². The molecule has 1 amide bonds. The van der Waals surface area contributed by atoms with Crippen molar-refractivity contribution in [2.24, 2.45) is 5.92 Å². The number of anilines is 2. The number of rotatable bonds is 11. The number of hydrogen-bond acceptors (Lipinski definition) is 4. The molecule has 0 saturated carbocycles. The van der Waals surface area contributed by atoms with Crippen LogP contribution in [0.3, 0.4) is 0 Å². The van der Waals surface area contributed by atoms with E-state index < -0.39 is 0 Å². The highest BCUT2D eigenvalue weighted by Crippen LogP contribution is 2.23. The van der Waals surface area contributed by atoms with Crippen molar-refractivity contribution < 1.29 is 4.79 Å². The third-order valence-corrected chi connectivity index (χ3v) is 6.48. The average molecular weight is 457 g/mol. The lowest BCUT2D eigenvalue weighted by Crippen LogP contribution is -2.40. The van der Waals surface area contributed by atoms with E-state index in [4.69, 9.17) is 0 Å². The van der Waals surface area contributed by atoms with Crippen LogP contribution >= 0.6 is 0 Å². The second-order valence-corrected chi connectivity index (χ2v) is 9.04. The summed E-state index contributed by atoms with van der Waals surface area (Å²) in [6.45, 7) is 5.07. The maximum Gasteiger partial charge on any atom is 0.240 e. The molecule has 1 fully saturated rings. The fraction of sp³-hybridized carbons (Fsp3) is 0.345. The van der Waals surface area contributed by atoms with Crippen molar-refractivity contribution in [2.45, 2.75) is 32.2 Å². The third kappa shape index (κ3) is 7.44. The molecule has 34 heavy (non-hydrogen) atoms. The third-order valence-electron chi connectivity index (χ3n) is 6.48. The van der Waals surface area contributed by atoms with Crippen molar-refractivity contribution in [1.82, 2.24) is 15.6 Å². The van der Waals surface area contributed by atoms with Crippen LogP contribution in [0, 0.1) is 5.92 Å². The molecule has 5 nitrogen and oxygen atoms in total. The molecular weight excluding hydrogens is 420 g/mol. The first-order valence-electron chi connectivity index (χ1n) is 12.4. The summed E-state index contributed by atoms with van der Waals surface area (Å²) >= 11 is 0. The fourth-order valence-electron chi connectivity index (χ4n) is 4.52. The zero-order valence-electron chi connectivity index (χ0n) is 19.9. The van der Waals surface area contributed by atoms with Gasteiger partial charge in [-0.25, -0.2) is 0 Å². The SMILES string of the molecule is O=C(CCNCCC1CCN(Cc2ccccc2)CC1)NN(c1ccccc1)c1ccccc1. The van der Waals surface area contributed by atoms with Crippen molar-refractivity contribution >= 4 is 17.3 Å². The van der Waals surface area contributed by atoms with Crippen molar-refractivity contribution in [1.29, 1.82) is 0 Å². The van der Waals surface area contributed by atoms with E-state index in [0.29, 0.717) is 13.0 Å². The van der Waals surface area contributed by atoms with E-state index in [9.17, 15) is 4.79 Å². The smallest absolute Gasteiger partial charge is 0.240 e. The van der Waals surface area contributed by atoms with Crippen molar-refractivity contribution in [3.8, 4) is 0 Å². The molecule has 0 radical (unpaired) electrons. The van der Waals surface area contributed by atoms with Gasteiger partial charge >= 0.3 is 0 Å². The summed E-state index contributed by atoms with van der Waals surface area (Å²) in [5, 5.41) is 5.33. The zero-order chi connectivity index (χ0) is 23.4. The minimum Gasteiger partial charge on any atom is -0.316 e. The molecule has 1 aliphatic heterocycles. The van der Waals surface area contributed by atoms with Crippen LogP contribution in [0.25, 0.3) is 0 Å². The van der Waals surface area contributed by atoms with Gasteiger partial charge in [-0.15, -0.1) is 0 Å². The molecule has 5 heteroatoms. The molecule has 0 unspecified atom stereocenters. The topological polar surface area (TPSA) is 47.6 Å². The number of carbonyl (C=O) groups is 1. The Balaban J connectivity index is 1.13. The second kappa shape index (κ2) is 12.9. The monoisotopic (exact) mass is 456 g/mol. The van der Waals surface area contributed by atoms with Gasteiger partial charge in [0.25, 0.3) is 0 Å². The van der Waals surface area contributed by atoms with Gasteiger partial charge < -0.3 is 5.32 Å². The second-order valence-electron chi connectivity index (χ2n) is 9.04. The van der Waals surface area contributed by atoms with Crippen molar-refractivity contribution in [3.63, 3.8) is 0 Å². The molecule has 2 N–H and O–H groups in total. The highest BCUT2D eigenvalue weighted by Gasteiger charge is 2.19. The number of likely N-dealkylation sites (tertiary alicyclic amines) is 1. The van der Waals surface area contributed by atoms with Gasteiger partial charge in [-0.1, -0.05) is 66.7 Å². The van der Waals surface area contributed by atoms with Crippen LogP contribution in [0.2, 0.25) is 0 Å². The molecule has 0 bridgehead atoms. The maximum atomic E-state index is 12.7. The Morgan fingerprint density at radius 3 is 1.94 bits per heavy atom. The van der Waals surface area contributed by atoms with Gasteiger partial charge in [0, 0.05) is 19.5 Å². The lowest BCUT2D eigenvalue weighted by Gasteiger charge is -2.32. The Bertz CT molecular complexity index is 933. The molecule has 3 aromatic rings. The van der Waals surface area contributed by atoms with Gasteiger partial charge in [-0.2, -0.15) is 0 Å². The molecular formula is C29H36N4O. The van der Waals surface area contributed by atoms with Crippen LogP contribution in [0.1, 0.15) is 31.2 Å². The van der Waals surface area contributed by atoms with Crippen molar-refractivity contribution in [2.75, 3.05) is 31.2 Å². The molecule has 178 valence electrons. The van der Waals surface area contributed by atoms with E-state index in [1.54, 1.807) is 0 Å². The molecule has 3 aromatic carbocycles. The normalized spacial score (nSPS) is 14.6. The summed E-state index contributed by atoms with van der Waals surface area (Å²) in [6.07, 6.45) is 4.16. The van der Waals surface area contributed by atoms with Crippen LogP contribution in [0.15, 0.2) is 91.0 Å². The summed E-state index contributed by atoms with van der Waals surface area (Å²) < 4.78 is 0. The van der Waals surface area contributed by atoms with E-state index in [0.717, 1.165) is 30.4 Å². The summed E-state index contributed by atoms with van der Waals surface area (Å²) in [6, 6.07) is 30.6. The molecule has 1 aliphatic rings. The molecule has 1 heterocycles. The number of piperidine rings is 1. The van der Waals surface area contributed by atoms with Gasteiger partial charge in [-0.3, -0.25) is 20.1 Å². The van der Waals surface area contributed by atoms with E-state index in [2.05, 4.69) is 46.0 Å². The number of amides is 1. The van der Waals surface area contributed by atoms with Gasteiger partial charge in [0.15, 0.2) is 0 Å². The molecule has 0 atom stereocenters. The Morgan fingerprint density at radius 2 is 1.35 bits per heavy atom. The van der Waals surface area contributed by atoms with Crippen LogP contribution in [-0.2, 0) is 11.3 Å². The highest BCUT2D eigenvalue weighted by molar-refractivity contribution is 5.80. The predicted octanol–water partition coefficient (Wildman–Crippen LogP) is 5.14. The number of nitrogens with one attached hydrogen (secondary N) is 2. The van der Waals surface area contributed by atoms with E-state index in [1.807, 2.05) is 65.7 Å². The van der Waals surface area contributed by atoms with Gasteiger partial charge in [0.05, 0.1) is 11.4 Å². The van der Waals surface area contributed by atoms with E-state index >= 15 is 0 Å². The minimum atomic E-state index is 0.00873. The molecule has 1 saturated heterocycles. The van der Waals surface area contributed by atoms with E-state index in [-0.39, 0.29) is 5.91 Å². The van der Waals surface area contributed by atoms with Crippen molar-refractivity contribution in [3.05, 3.63) is 96.6 Å². The first-order valence-corrected chi connectivity index (χ1v) is 12.4. The lowest BCUT2D eigenvalue weighted by molar-refractivity contribution is -0.121. The summed E-state index contributed by atoms with van der Waals surface area (Å²) in [5.74, 6) is 0.787. The maximum absolute atomic E-state index is 12.7. The molecule has 0 spiro atoms. The van der Waals surface area contributed by atoms with E-state index in [1.165, 1.54) is 37.9 Å². The van der Waals surface area contributed by atoms with Crippen LogP contribution in [0.5, 0.6) is 0 Å².